The molecule has 14 nitrogen and oxygen atoms in total. The zero-order chi connectivity index (χ0) is 45.5. The number of fused-ring (bicyclic) bond motifs is 1. The lowest BCUT2D eigenvalue weighted by atomic mass is 9.80. The number of aliphatic hydroxyl groups is 2. The number of aliphatic hydroxyl groups excluding tert-OH is 1. The number of ether oxygens (including phenoxy) is 1. The summed E-state index contributed by atoms with van der Waals surface area (Å²) in [6.45, 7) is 3.68. The van der Waals surface area contributed by atoms with E-state index in [9.17, 15) is 39.6 Å². The summed E-state index contributed by atoms with van der Waals surface area (Å²) in [6.07, 6.45) is 1.66. The molecule has 0 unspecified atom stereocenters. The van der Waals surface area contributed by atoms with Crippen molar-refractivity contribution >= 4 is 28.7 Å². The molecule has 2 aliphatic heterocycles. The molecule has 0 aliphatic carbocycles. The van der Waals surface area contributed by atoms with Crippen LogP contribution in [0.1, 0.15) is 62.7 Å². The quantitative estimate of drug-likeness (QED) is 0.0660. The number of nitrogens with zero attached hydrogens (tertiary/aromatic N) is 2. The highest BCUT2D eigenvalue weighted by atomic mass is 16.5. The Balaban J connectivity index is 0.792. The number of nitrogens with one attached hydrogen (secondary N) is 3. The largest absolute Gasteiger partial charge is 0.506 e. The highest BCUT2D eigenvalue weighted by molar-refractivity contribution is 5.94. The van der Waals surface area contributed by atoms with E-state index in [-0.39, 0.29) is 59.1 Å². The molecular weight excluding hydrogens is 827 g/mol. The summed E-state index contributed by atoms with van der Waals surface area (Å²) >= 11 is 0. The average Bonchev–Trinajstić information content (AvgIpc) is 3.30. The number of hydrogen-bond donors (Lipinski definition) is 7. The topological polar surface area (TPSA) is 205 Å². The number of likely N-dealkylation sites (tertiary alicyclic amines) is 2. The van der Waals surface area contributed by atoms with E-state index in [0.29, 0.717) is 54.0 Å². The monoisotopic (exact) mass is 879 g/mol. The fourth-order valence-corrected chi connectivity index (χ4v) is 8.82. The minimum Gasteiger partial charge on any atom is -0.506 e. The number of carboxylic acids is 1. The van der Waals surface area contributed by atoms with Gasteiger partial charge in [-0.25, -0.2) is 4.79 Å². The van der Waals surface area contributed by atoms with Gasteiger partial charge in [-0.2, -0.15) is 0 Å². The van der Waals surface area contributed by atoms with Crippen LogP contribution in [0.3, 0.4) is 0 Å². The third-order valence-electron chi connectivity index (χ3n) is 12.5. The van der Waals surface area contributed by atoms with E-state index in [4.69, 9.17) is 4.74 Å². The van der Waals surface area contributed by atoms with Crippen molar-refractivity contribution in [2.24, 2.45) is 5.92 Å². The van der Waals surface area contributed by atoms with Crippen molar-refractivity contribution in [3.63, 3.8) is 0 Å². The summed E-state index contributed by atoms with van der Waals surface area (Å²) in [5.74, 6) is -1.49. The third-order valence-corrected chi connectivity index (χ3v) is 12.5. The fourth-order valence-electron chi connectivity index (χ4n) is 8.82. The first-order valence-corrected chi connectivity index (χ1v) is 21.9. The normalized spacial score (nSPS) is 16.1. The SMILES string of the molecule is O=C(NC1CN(C(=O)COc2cccc([C@@](O)(C(=O)O)c3ccccc3CC3CCN(Cc4ccccc4)CC3)c2)C1)c1ccc(CNC[C@H](O)c2ccc(O)c3[nH]c(=O)ccc23)cc1. The molecule has 3 heterocycles. The number of pyridine rings is 1. The average molecular weight is 880 g/mol. The minimum atomic E-state index is -2.35. The highest BCUT2D eigenvalue weighted by Gasteiger charge is 2.42. The van der Waals surface area contributed by atoms with E-state index < -0.39 is 17.7 Å². The van der Waals surface area contributed by atoms with Crippen LogP contribution in [-0.4, -0.2) is 98.4 Å². The molecule has 0 saturated carbocycles. The standard InChI is InChI=1S/C51H53N5O9/c57-44-19-17-41(42-18-20-46(59)54-48(42)44)45(58)28-52-27-34-13-15-36(16-14-34)49(61)53-39-30-56(31-39)47(60)32-65-40-11-6-10-38(26-40)51(64,50(62)63)43-12-5-4-9-37(43)25-33-21-23-55(24-22-33)29-35-7-2-1-3-8-35/h1-20,26,33,39,45,52,57-58,64H,21-25,27-32H2,(H,53,61)(H,54,59)(H,62,63)/t45-,51-/m0/s1. The molecule has 2 fully saturated rings. The number of aromatic hydroxyl groups is 1. The molecule has 336 valence electrons. The first-order valence-electron chi connectivity index (χ1n) is 21.9. The molecule has 2 saturated heterocycles. The lowest BCUT2D eigenvalue weighted by Crippen LogP contribution is -2.61. The number of piperidine rings is 1. The Morgan fingerprint density at radius 1 is 0.846 bits per heavy atom. The molecule has 2 aliphatic rings. The number of carboxylic acid groups (broad SMARTS) is 1. The molecule has 8 rings (SSSR count). The number of carbonyl (C=O) groups is 3. The second kappa shape index (κ2) is 19.9. The second-order valence-electron chi connectivity index (χ2n) is 17.0. The van der Waals surface area contributed by atoms with Crippen molar-refractivity contribution in [3.8, 4) is 11.5 Å². The number of hydrogen-bond acceptors (Lipinski definition) is 10. The summed E-state index contributed by atoms with van der Waals surface area (Å²) in [4.78, 5) is 57.4. The van der Waals surface area contributed by atoms with Crippen molar-refractivity contribution in [2.75, 3.05) is 39.3 Å². The number of benzene rings is 5. The van der Waals surface area contributed by atoms with Crippen LogP contribution in [-0.2, 0) is 34.7 Å². The molecule has 0 radical (unpaired) electrons. The first kappa shape index (κ1) is 44.8. The number of phenols is 1. The number of aliphatic carboxylic acids is 1. The van der Waals surface area contributed by atoms with Crippen molar-refractivity contribution in [2.45, 2.75) is 50.1 Å². The van der Waals surface area contributed by atoms with Gasteiger partial charge in [-0.1, -0.05) is 84.9 Å². The second-order valence-corrected chi connectivity index (χ2v) is 17.0. The molecule has 1 aromatic heterocycles. The number of aromatic nitrogens is 1. The number of aromatic amines is 1. The Kier molecular flexibility index (Phi) is 13.7. The number of rotatable bonds is 17. The van der Waals surface area contributed by atoms with Gasteiger partial charge in [0.2, 0.25) is 11.2 Å². The number of phenolic OH excluding ortho intramolecular Hbond substituents is 1. The zero-order valence-corrected chi connectivity index (χ0v) is 35.9. The van der Waals surface area contributed by atoms with E-state index in [1.165, 1.54) is 23.8 Å². The van der Waals surface area contributed by atoms with Crippen LogP contribution >= 0.6 is 0 Å². The smallest absolute Gasteiger partial charge is 0.345 e. The molecule has 7 N–H and O–H groups in total. The van der Waals surface area contributed by atoms with E-state index >= 15 is 0 Å². The number of amides is 2. The molecule has 0 spiro atoms. The van der Waals surface area contributed by atoms with Gasteiger partial charge in [0.15, 0.2) is 6.61 Å². The van der Waals surface area contributed by atoms with Crippen molar-refractivity contribution < 1.29 is 39.5 Å². The number of carbonyl (C=O) groups excluding carboxylic acids is 2. The van der Waals surface area contributed by atoms with E-state index in [0.717, 1.165) is 43.6 Å². The molecule has 65 heavy (non-hydrogen) atoms. The Hall–Kier alpha value is -6.84. The summed E-state index contributed by atoms with van der Waals surface area (Å²) in [5, 5.41) is 50.2. The van der Waals surface area contributed by atoms with Crippen LogP contribution in [0.2, 0.25) is 0 Å². The van der Waals surface area contributed by atoms with Crippen LogP contribution in [0.4, 0.5) is 0 Å². The summed E-state index contributed by atoms with van der Waals surface area (Å²) in [6, 6.07) is 36.5. The van der Waals surface area contributed by atoms with E-state index in [1.54, 1.807) is 59.5 Å². The molecule has 0 bridgehead atoms. The molecular formula is C51H53N5O9. The summed E-state index contributed by atoms with van der Waals surface area (Å²) in [7, 11) is 0. The number of H-pyrrole nitrogens is 1. The lowest BCUT2D eigenvalue weighted by molar-refractivity contribution is -0.155. The van der Waals surface area contributed by atoms with Gasteiger partial charge >= 0.3 is 5.97 Å². The third kappa shape index (κ3) is 10.4. The first-order chi connectivity index (χ1) is 31.4. The van der Waals surface area contributed by atoms with Crippen LogP contribution in [0.25, 0.3) is 10.9 Å². The molecule has 2 amide bonds. The van der Waals surface area contributed by atoms with Crippen LogP contribution in [0, 0.1) is 5.92 Å². The van der Waals surface area contributed by atoms with Gasteiger partial charge in [-0.05, 0) is 96.9 Å². The minimum absolute atomic E-state index is 0.0799. The van der Waals surface area contributed by atoms with Gasteiger partial charge in [-0.15, -0.1) is 0 Å². The van der Waals surface area contributed by atoms with Crippen LogP contribution < -0.4 is 20.9 Å². The molecule has 14 heteroatoms. The van der Waals surface area contributed by atoms with Gasteiger partial charge < -0.3 is 45.7 Å². The van der Waals surface area contributed by atoms with Crippen molar-refractivity contribution in [1.82, 2.24) is 25.4 Å². The maximum absolute atomic E-state index is 13.1. The predicted molar refractivity (Wildman–Crippen MR) is 244 cm³/mol. The van der Waals surface area contributed by atoms with Gasteiger partial charge in [-0.3, -0.25) is 19.3 Å². The van der Waals surface area contributed by atoms with Crippen LogP contribution in [0.15, 0.2) is 132 Å². The highest BCUT2D eigenvalue weighted by Crippen LogP contribution is 2.36. The van der Waals surface area contributed by atoms with Crippen LogP contribution in [0.5, 0.6) is 11.5 Å². The van der Waals surface area contributed by atoms with E-state index in [2.05, 4.69) is 44.8 Å². The maximum Gasteiger partial charge on any atom is 0.345 e. The molecule has 2 atom stereocenters. The molecule has 5 aromatic carbocycles. The van der Waals surface area contributed by atoms with Gasteiger partial charge in [0.05, 0.1) is 17.7 Å². The van der Waals surface area contributed by atoms with Crippen molar-refractivity contribution in [1.29, 1.82) is 0 Å². The fraction of sp³-hybridized carbons (Fsp3) is 0.294. The van der Waals surface area contributed by atoms with Gasteiger partial charge in [0, 0.05) is 60.9 Å². The van der Waals surface area contributed by atoms with Gasteiger partial charge in [0.1, 0.15) is 11.5 Å². The summed E-state index contributed by atoms with van der Waals surface area (Å²) in [5.41, 5.74) is 1.94. The molecule has 6 aromatic rings. The van der Waals surface area contributed by atoms with E-state index in [1.807, 2.05) is 30.3 Å². The Morgan fingerprint density at radius 3 is 2.34 bits per heavy atom. The zero-order valence-electron chi connectivity index (χ0n) is 35.9. The Morgan fingerprint density at radius 2 is 1.58 bits per heavy atom. The summed E-state index contributed by atoms with van der Waals surface area (Å²) < 4.78 is 5.84. The predicted octanol–water partition coefficient (Wildman–Crippen LogP) is 4.85. The Bertz CT molecular complexity index is 2700. The lowest BCUT2D eigenvalue weighted by Gasteiger charge is -2.39. The van der Waals surface area contributed by atoms with Crippen molar-refractivity contribution in [3.05, 3.63) is 177 Å². The van der Waals surface area contributed by atoms with Gasteiger partial charge in [0.25, 0.3) is 11.8 Å². The maximum atomic E-state index is 13.1. The Labute approximate surface area is 376 Å².